The van der Waals surface area contributed by atoms with Crippen LogP contribution in [0.3, 0.4) is 0 Å². The van der Waals surface area contributed by atoms with E-state index in [4.69, 9.17) is 13.9 Å². The quantitative estimate of drug-likeness (QED) is 0.495. The zero-order chi connectivity index (χ0) is 22.2. The summed E-state index contributed by atoms with van der Waals surface area (Å²) in [6.07, 6.45) is -0.475. The summed E-state index contributed by atoms with van der Waals surface area (Å²) in [6, 6.07) is 18.7. The van der Waals surface area contributed by atoms with Crippen molar-refractivity contribution in [3.05, 3.63) is 60.7 Å². The first-order chi connectivity index (χ1) is 15.5. The van der Waals surface area contributed by atoms with E-state index in [1.807, 2.05) is 54.6 Å². The number of carbonyl (C=O) groups excluding carboxylic acids is 2. The Kier molecular flexibility index (Phi) is 4.93. The monoisotopic (exact) mass is 430 g/mol. The number of methoxy groups -OCH3 is 1. The van der Waals surface area contributed by atoms with Crippen LogP contribution >= 0.6 is 0 Å². The number of fused-ring (bicyclic) bond motifs is 4. The highest BCUT2D eigenvalue weighted by molar-refractivity contribution is 6.08. The Hall–Kier alpha value is -4.00. The van der Waals surface area contributed by atoms with E-state index in [2.05, 4.69) is 5.32 Å². The zero-order valence-electron chi connectivity index (χ0n) is 17.8. The molecule has 162 valence electrons. The van der Waals surface area contributed by atoms with E-state index >= 15 is 0 Å². The summed E-state index contributed by atoms with van der Waals surface area (Å²) in [5.41, 5.74) is 2.62. The number of amides is 2. The van der Waals surface area contributed by atoms with Crippen LogP contribution in [0.25, 0.3) is 21.9 Å². The first-order valence-corrected chi connectivity index (χ1v) is 10.4. The summed E-state index contributed by atoms with van der Waals surface area (Å²) in [4.78, 5) is 27.0. The standard InChI is InChI=1S/C25H22N2O5/c1-15-25(29)27(19-8-4-6-10-21(19)31-15)12-11-24(28)26-18-14-22-17(13-23(18)30-2)16-7-3-5-9-20(16)32-22/h3-10,13-15H,11-12H2,1-2H3,(H,26,28)/t15-/m0/s1. The Bertz CT molecular complexity index is 1340. The highest BCUT2D eigenvalue weighted by atomic mass is 16.5. The Morgan fingerprint density at radius 1 is 1.06 bits per heavy atom. The lowest BCUT2D eigenvalue weighted by Gasteiger charge is -2.32. The Labute approximate surface area is 184 Å². The molecule has 0 fully saturated rings. The van der Waals surface area contributed by atoms with E-state index in [9.17, 15) is 9.59 Å². The fourth-order valence-corrected chi connectivity index (χ4v) is 4.03. The van der Waals surface area contributed by atoms with Crippen LogP contribution in [-0.2, 0) is 9.59 Å². The number of para-hydroxylation sites is 3. The molecule has 7 heteroatoms. The van der Waals surface area contributed by atoms with E-state index in [1.54, 1.807) is 25.0 Å². The third-order valence-electron chi connectivity index (χ3n) is 5.61. The van der Waals surface area contributed by atoms with Gasteiger partial charge in [-0.05, 0) is 31.2 Å². The van der Waals surface area contributed by atoms with E-state index in [-0.39, 0.29) is 24.8 Å². The van der Waals surface area contributed by atoms with Crippen molar-refractivity contribution in [1.82, 2.24) is 0 Å². The smallest absolute Gasteiger partial charge is 0.267 e. The summed E-state index contributed by atoms with van der Waals surface area (Å²) in [6.45, 7) is 1.95. The number of ether oxygens (including phenoxy) is 2. The molecule has 1 aromatic heterocycles. The van der Waals surface area contributed by atoms with Crippen molar-refractivity contribution in [1.29, 1.82) is 0 Å². The molecule has 7 nitrogen and oxygen atoms in total. The molecule has 0 bridgehead atoms. The van der Waals surface area contributed by atoms with Gasteiger partial charge in [0.15, 0.2) is 6.10 Å². The number of anilines is 2. The summed E-state index contributed by atoms with van der Waals surface area (Å²) < 4.78 is 17.1. The molecule has 1 atom stereocenters. The lowest BCUT2D eigenvalue weighted by Crippen LogP contribution is -2.45. The number of nitrogens with one attached hydrogen (secondary N) is 1. The Balaban J connectivity index is 1.36. The molecule has 32 heavy (non-hydrogen) atoms. The SMILES string of the molecule is COc1cc2c(cc1NC(=O)CCN1C(=O)[C@H](C)Oc3ccccc31)oc1ccccc12. The third kappa shape index (κ3) is 3.41. The normalized spacial score (nSPS) is 15.5. The molecule has 1 aliphatic heterocycles. The number of furan rings is 1. The summed E-state index contributed by atoms with van der Waals surface area (Å²) in [7, 11) is 1.56. The fourth-order valence-electron chi connectivity index (χ4n) is 4.03. The number of benzene rings is 3. The number of hydrogen-bond donors (Lipinski definition) is 1. The van der Waals surface area contributed by atoms with Crippen molar-refractivity contribution in [2.75, 3.05) is 23.9 Å². The van der Waals surface area contributed by atoms with Crippen molar-refractivity contribution >= 4 is 45.1 Å². The second kappa shape index (κ2) is 7.92. The second-order valence-corrected chi connectivity index (χ2v) is 7.66. The minimum atomic E-state index is -0.594. The number of hydrogen-bond acceptors (Lipinski definition) is 5. The third-order valence-corrected chi connectivity index (χ3v) is 5.61. The maximum Gasteiger partial charge on any atom is 0.267 e. The summed E-state index contributed by atoms with van der Waals surface area (Å²) >= 11 is 0. The number of carbonyl (C=O) groups is 2. The molecule has 1 aliphatic rings. The van der Waals surface area contributed by atoms with E-state index < -0.39 is 6.10 Å². The van der Waals surface area contributed by atoms with Crippen molar-refractivity contribution in [3.8, 4) is 11.5 Å². The molecule has 2 heterocycles. The van der Waals surface area contributed by atoms with Gasteiger partial charge in [0.05, 0.1) is 18.5 Å². The predicted molar refractivity (Wildman–Crippen MR) is 122 cm³/mol. The van der Waals surface area contributed by atoms with Crippen molar-refractivity contribution in [3.63, 3.8) is 0 Å². The predicted octanol–water partition coefficient (Wildman–Crippen LogP) is 4.74. The van der Waals surface area contributed by atoms with Gasteiger partial charge in [-0.15, -0.1) is 0 Å². The molecule has 0 radical (unpaired) electrons. The van der Waals surface area contributed by atoms with E-state index in [0.29, 0.717) is 28.5 Å². The van der Waals surface area contributed by atoms with Crippen molar-refractivity contribution < 1.29 is 23.5 Å². The number of nitrogens with zero attached hydrogens (tertiary/aromatic N) is 1. The van der Waals surface area contributed by atoms with Gasteiger partial charge in [-0.25, -0.2) is 0 Å². The Morgan fingerprint density at radius 3 is 2.69 bits per heavy atom. The van der Waals surface area contributed by atoms with Crippen LogP contribution in [0, 0.1) is 0 Å². The molecule has 0 unspecified atom stereocenters. The first kappa shape index (κ1) is 19.9. The molecular formula is C25H22N2O5. The van der Waals surface area contributed by atoms with Gasteiger partial charge >= 0.3 is 0 Å². The maximum absolute atomic E-state index is 12.8. The molecule has 0 spiro atoms. The van der Waals surface area contributed by atoms with Gasteiger partial charge in [0.25, 0.3) is 5.91 Å². The maximum atomic E-state index is 12.8. The molecule has 0 saturated heterocycles. The largest absolute Gasteiger partial charge is 0.495 e. The van der Waals surface area contributed by atoms with Crippen molar-refractivity contribution in [2.45, 2.75) is 19.4 Å². The Morgan fingerprint density at radius 2 is 1.84 bits per heavy atom. The molecule has 5 rings (SSSR count). The van der Waals surface area contributed by atoms with Gasteiger partial charge in [0, 0.05) is 29.8 Å². The highest BCUT2D eigenvalue weighted by Crippen LogP contribution is 2.37. The van der Waals surface area contributed by atoms with E-state index in [1.165, 1.54) is 0 Å². The molecule has 0 saturated carbocycles. The minimum absolute atomic E-state index is 0.119. The van der Waals surface area contributed by atoms with Gasteiger partial charge in [-0.2, -0.15) is 0 Å². The molecule has 2 amide bonds. The average molecular weight is 430 g/mol. The molecule has 4 aromatic rings. The van der Waals surface area contributed by atoms with Gasteiger partial charge < -0.3 is 24.1 Å². The second-order valence-electron chi connectivity index (χ2n) is 7.66. The highest BCUT2D eigenvalue weighted by Gasteiger charge is 2.31. The van der Waals surface area contributed by atoms with Crippen LogP contribution < -0.4 is 19.7 Å². The molecule has 1 N–H and O–H groups in total. The van der Waals surface area contributed by atoms with Gasteiger partial charge in [0.1, 0.15) is 22.7 Å². The average Bonchev–Trinajstić information content (AvgIpc) is 3.16. The molecule has 3 aromatic carbocycles. The van der Waals surface area contributed by atoms with Crippen LogP contribution in [0.5, 0.6) is 11.5 Å². The van der Waals surface area contributed by atoms with Gasteiger partial charge in [-0.3, -0.25) is 9.59 Å². The lowest BCUT2D eigenvalue weighted by molar-refractivity contribution is -0.125. The van der Waals surface area contributed by atoms with Crippen LogP contribution in [0.15, 0.2) is 65.1 Å². The van der Waals surface area contributed by atoms with Crippen LogP contribution in [0.1, 0.15) is 13.3 Å². The van der Waals surface area contributed by atoms with Crippen LogP contribution in [0.4, 0.5) is 11.4 Å². The fraction of sp³-hybridized carbons (Fsp3) is 0.200. The molecular weight excluding hydrogens is 408 g/mol. The molecule has 0 aliphatic carbocycles. The lowest BCUT2D eigenvalue weighted by atomic mass is 10.1. The van der Waals surface area contributed by atoms with E-state index in [0.717, 1.165) is 16.4 Å². The zero-order valence-corrected chi connectivity index (χ0v) is 17.8. The first-order valence-electron chi connectivity index (χ1n) is 10.4. The van der Waals surface area contributed by atoms with Gasteiger partial charge in [-0.1, -0.05) is 30.3 Å². The summed E-state index contributed by atoms with van der Waals surface area (Å²) in [5, 5.41) is 4.79. The van der Waals surface area contributed by atoms with Crippen molar-refractivity contribution in [2.24, 2.45) is 0 Å². The van der Waals surface area contributed by atoms with Gasteiger partial charge in [0.2, 0.25) is 5.91 Å². The van der Waals surface area contributed by atoms with Crippen LogP contribution in [0.2, 0.25) is 0 Å². The number of rotatable bonds is 5. The minimum Gasteiger partial charge on any atom is -0.495 e. The topological polar surface area (TPSA) is 81.0 Å². The summed E-state index contributed by atoms with van der Waals surface area (Å²) in [5.74, 6) is 0.775. The van der Waals surface area contributed by atoms with Crippen LogP contribution in [-0.4, -0.2) is 31.6 Å².